The third-order valence-corrected chi connectivity index (χ3v) is 5.19. The Morgan fingerprint density at radius 2 is 2.20 bits per heavy atom. The van der Waals surface area contributed by atoms with Crippen LogP contribution in [0.5, 0.6) is 5.75 Å². The van der Waals surface area contributed by atoms with Crippen molar-refractivity contribution < 1.29 is 19.4 Å². The molecule has 4 heteroatoms. The first-order valence-corrected chi connectivity index (χ1v) is 7.24. The van der Waals surface area contributed by atoms with E-state index in [1.165, 1.54) is 5.56 Å². The van der Waals surface area contributed by atoms with Gasteiger partial charge in [-0.2, -0.15) is 0 Å². The molecule has 0 aromatic heterocycles. The zero-order valence-corrected chi connectivity index (χ0v) is 11.5. The normalized spacial score (nSPS) is 38.7. The van der Waals surface area contributed by atoms with E-state index in [1.807, 2.05) is 12.1 Å². The van der Waals surface area contributed by atoms with Crippen molar-refractivity contribution in [2.75, 3.05) is 6.61 Å². The number of fused-ring (bicyclic) bond motifs is 2. The number of carbonyl (C=O) groups is 1. The van der Waals surface area contributed by atoms with Gasteiger partial charge in [-0.25, -0.2) is 0 Å². The third-order valence-electron chi connectivity index (χ3n) is 5.19. The topological polar surface area (TPSA) is 55.8 Å². The summed E-state index contributed by atoms with van der Waals surface area (Å²) in [6, 6.07) is 5.85. The van der Waals surface area contributed by atoms with Crippen molar-refractivity contribution in [1.29, 1.82) is 0 Å². The fourth-order valence-electron chi connectivity index (χ4n) is 3.94. The molecule has 0 saturated heterocycles. The van der Waals surface area contributed by atoms with Gasteiger partial charge in [0.1, 0.15) is 23.1 Å². The highest BCUT2D eigenvalue weighted by molar-refractivity contribution is 5.88. The summed E-state index contributed by atoms with van der Waals surface area (Å²) in [5.74, 6) is -0.740. The van der Waals surface area contributed by atoms with Crippen LogP contribution in [0, 0.1) is 5.41 Å². The smallest absolute Gasteiger partial charge is 0.223 e. The van der Waals surface area contributed by atoms with Crippen LogP contribution in [-0.4, -0.2) is 23.3 Å². The molecule has 0 unspecified atom stereocenters. The van der Waals surface area contributed by atoms with Crippen LogP contribution in [0.1, 0.15) is 43.4 Å². The second kappa shape index (κ2) is 3.83. The summed E-state index contributed by atoms with van der Waals surface area (Å²) < 4.78 is 11.8. The molecule has 1 aromatic carbocycles. The number of rotatable bonds is 0. The molecule has 3 aliphatic rings. The molecule has 1 N–H and O–H groups in total. The van der Waals surface area contributed by atoms with Crippen molar-refractivity contribution >= 4 is 5.78 Å². The van der Waals surface area contributed by atoms with Crippen LogP contribution in [0.3, 0.4) is 0 Å². The molecule has 20 heavy (non-hydrogen) atoms. The predicted octanol–water partition coefficient (Wildman–Crippen LogP) is 2.14. The van der Waals surface area contributed by atoms with E-state index in [9.17, 15) is 9.90 Å². The minimum Gasteiger partial charge on any atom is -0.461 e. The van der Waals surface area contributed by atoms with Gasteiger partial charge in [0.25, 0.3) is 0 Å². The highest BCUT2D eigenvalue weighted by Gasteiger charge is 2.64. The first-order valence-electron chi connectivity index (χ1n) is 7.24. The minimum absolute atomic E-state index is 0.0404. The standard InChI is InChI=1S/C16H18O4/c1-15-12(17)6-3-8-16(15,18)20-11-5-2-4-10-7-9-19-14(15)13(10)11/h2,4-5,14,18H,3,6-9H2,1H3/t14-,15+,16-/m0/s1. The van der Waals surface area contributed by atoms with Gasteiger partial charge in [-0.15, -0.1) is 0 Å². The number of ketones is 1. The van der Waals surface area contributed by atoms with E-state index in [4.69, 9.17) is 9.47 Å². The Kier molecular flexibility index (Phi) is 2.37. The first kappa shape index (κ1) is 12.4. The van der Waals surface area contributed by atoms with Crippen LogP contribution >= 0.6 is 0 Å². The summed E-state index contributed by atoms with van der Waals surface area (Å²) in [6.45, 7) is 2.38. The number of carbonyl (C=O) groups excluding carboxylic acids is 1. The SMILES string of the molecule is C[C@]12C(=O)CCC[C@]1(O)Oc1cccc3c1[C@@H]2OCC3. The summed E-state index contributed by atoms with van der Waals surface area (Å²) >= 11 is 0. The van der Waals surface area contributed by atoms with Gasteiger partial charge in [0.15, 0.2) is 0 Å². The lowest BCUT2D eigenvalue weighted by molar-refractivity contribution is -0.271. The Morgan fingerprint density at radius 3 is 3.05 bits per heavy atom. The van der Waals surface area contributed by atoms with E-state index >= 15 is 0 Å². The number of hydrogen-bond acceptors (Lipinski definition) is 4. The maximum atomic E-state index is 12.5. The van der Waals surface area contributed by atoms with Crippen molar-refractivity contribution in [3.8, 4) is 5.75 Å². The van der Waals surface area contributed by atoms with Crippen LogP contribution in [0.25, 0.3) is 0 Å². The van der Waals surface area contributed by atoms with E-state index < -0.39 is 17.3 Å². The second-order valence-corrected chi connectivity index (χ2v) is 6.20. The molecule has 0 amide bonds. The van der Waals surface area contributed by atoms with E-state index in [0.29, 0.717) is 31.6 Å². The molecule has 1 saturated carbocycles. The quantitative estimate of drug-likeness (QED) is 0.787. The molecule has 0 bridgehead atoms. The lowest BCUT2D eigenvalue weighted by Gasteiger charge is -2.54. The highest BCUT2D eigenvalue weighted by atomic mass is 16.6. The average Bonchev–Trinajstić information content (AvgIpc) is 2.43. The van der Waals surface area contributed by atoms with Crippen molar-refractivity contribution in [2.24, 2.45) is 5.41 Å². The van der Waals surface area contributed by atoms with Gasteiger partial charge in [-0.05, 0) is 31.4 Å². The van der Waals surface area contributed by atoms with Crippen LogP contribution in [0.2, 0.25) is 0 Å². The van der Waals surface area contributed by atoms with E-state index in [1.54, 1.807) is 6.92 Å². The number of aliphatic hydroxyl groups is 1. The zero-order valence-electron chi connectivity index (χ0n) is 11.5. The number of Topliss-reactive ketones (excluding diaryl/α,β-unsaturated/α-hetero) is 1. The molecule has 1 fully saturated rings. The van der Waals surface area contributed by atoms with Gasteiger partial charge in [-0.1, -0.05) is 12.1 Å². The van der Waals surface area contributed by atoms with Crippen molar-refractivity contribution in [3.05, 3.63) is 29.3 Å². The third kappa shape index (κ3) is 1.31. The van der Waals surface area contributed by atoms with Gasteiger partial charge in [-0.3, -0.25) is 4.79 Å². The maximum Gasteiger partial charge on any atom is 0.223 e. The highest BCUT2D eigenvalue weighted by Crippen LogP contribution is 2.58. The lowest BCUT2D eigenvalue weighted by Crippen LogP contribution is -2.63. The van der Waals surface area contributed by atoms with Crippen LogP contribution in [-0.2, 0) is 16.0 Å². The monoisotopic (exact) mass is 274 g/mol. The predicted molar refractivity (Wildman–Crippen MR) is 71.4 cm³/mol. The lowest BCUT2D eigenvalue weighted by atomic mass is 9.62. The molecular weight excluding hydrogens is 256 g/mol. The van der Waals surface area contributed by atoms with Crippen LogP contribution < -0.4 is 4.74 Å². The molecule has 0 spiro atoms. The summed E-state index contributed by atoms with van der Waals surface area (Å²) in [5.41, 5.74) is 1.12. The van der Waals surface area contributed by atoms with Crippen molar-refractivity contribution in [3.63, 3.8) is 0 Å². The van der Waals surface area contributed by atoms with E-state index in [-0.39, 0.29) is 5.78 Å². The largest absolute Gasteiger partial charge is 0.461 e. The van der Waals surface area contributed by atoms with Crippen molar-refractivity contribution in [2.45, 2.75) is 44.5 Å². The molecule has 2 aliphatic heterocycles. The summed E-state index contributed by atoms with van der Waals surface area (Å²) in [7, 11) is 0. The number of hydrogen-bond donors (Lipinski definition) is 1. The summed E-state index contributed by atoms with van der Waals surface area (Å²) in [6.07, 6.45) is 2.05. The van der Waals surface area contributed by atoms with Crippen molar-refractivity contribution in [1.82, 2.24) is 0 Å². The molecule has 106 valence electrons. The van der Waals surface area contributed by atoms with E-state index in [2.05, 4.69) is 6.07 Å². The molecule has 4 rings (SSSR count). The summed E-state index contributed by atoms with van der Waals surface area (Å²) in [4.78, 5) is 12.5. The first-order chi connectivity index (χ1) is 9.56. The summed E-state index contributed by atoms with van der Waals surface area (Å²) in [5, 5.41) is 11.0. The molecule has 0 radical (unpaired) electrons. The Balaban J connectivity index is 1.97. The Morgan fingerprint density at radius 1 is 1.35 bits per heavy atom. The molecular formula is C16H18O4. The minimum atomic E-state index is -1.45. The van der Waals surface area contributed by atoms with Gasteiger partial charge in [0.2, 0.25) is 5.79 Å². The molecule has 1 aromatic rings. The van der Waals surface area contributed by atoms with E-state index in [0.717, 1.165) is 12.0 Å². The Bertz CT molecular complexity index is 596. The zero-order chi connectivity index (χ0) is 14.0. The maximum absolute atomic E-state index is 12.5. The average molecular weight is 274 g/mol. The molecule has 4 nitrogen and oxygen atoms in total. The fraction of sp³-hybridized carbons (Fsp3) is 0.562. The van der Waals surface area contributed by atoms with Gasteiger partial charge >= 0.3 is 0 Å². The Hall–Kier alpha value is -1.39. The Labute approximate surface area is 117 Å². The van der Waals surface area contributed by atoms with Crippen LogP contribution in [0.4, 0.5) is 0 Å². The van der Waals surface area contributed by atoms with Gasteiger partial charge in [0, 0.05) is 18.4 Å². The van der Waals surface area contributed by atoms with Gasteiger partial charge in [0.05, 0.1) is 6.61 Å². The van der Waals surface area contributed by atoms with Crippen LogP contribution in [0.15, 0.2) is 18.2 Å². The van der Waals surface area contributed by atoms with Gasteiger partial charge < -0.3 is 14.6 Å². The molecule has 3 atom stereocenters. The molecule has 2 heterocycles. The number of ether oxygens (including phenoxy) is 2. The second-order valence-electron chi connectivity index (χ2n) is 6.20. The molecule has 1 aliphatic carbocycles. The number of benzene rings is 1. The fourth-order valence-corrected chi connectivity index (χ4v) is 3.94.